The Morgan fingerprint density at radius 1 is 1.30 bits per heavy atom. The van der Waals surface area contributed by atoms with Gasteiger partial charge in [-0.05, 0) is 24.6 Å². The van der Waals surface area contributed by atoms with E-state index in [0.717, 1.165) is 32.0 Å². The first-order valence-corrected chi connectivity index (χ1v) is 8.12. The fourth-order valence-electron chi connectivity index (χ4n) is 2.60. The summed E-state index contributed by atoms with van der Waals surface area (Å²) in [5.41, 5.74) is 2.07. The topological polar surface area (TPSA) is 62.8 Å². The molecule has 1 fully saturated rings. The lowest BCUT2D eigenvalue weighted by atomic mass is 10.1. The monoisotopic (exact) mass is 321 g/mol. The predicted octanol–water partition coefficient (Wildman–Crippen LogP) is 1.25. The van der Waals surface area contributed by atoms with Crippen molar-refractivity contribution in [2.24, 2.45) is 0 Å². The van der Waals surface area contributed by atoms with Gasteiger partial charge in [-0.2, -0.15) is 0 Å². The number of amides is 1. The van der Waals surface area contributed by atoms with Gasteiger partial charge in [0.05, 0.1) is 26.4 Å². The molecule has 1 aliphatic heterocycles. The van der Waals surface area contributed by atoms with Crippen LogP contribution in [0.5, 0.6) is 0 Å². The van der Waals surface area contributed by atoms with Gasteiger partial charge in [-0.1, -0.05) is 12.1 Å². The fraction of sp³-hybridized carbons (Fsp3) is 0.588. The number of morpholine rings is 1. The first-order chi connectivity index (χ1) is 11.2. The van der Waals surface area contributed by atoms with Crippen molar-refractivity contribution in [2.75, 3.05) is 58.4 Å². The molecule has 6 nitrogen and oxygen atoms in total. The van der Waals surface area contributed by atoms with Crippen LogP contribution >= 0.6 is 0 Å². The average molecular weight is 321 g/mol. The highest BCUT2D eigenvalue weighted by atomic mass is 16.5. The summed E-state index contributed by atoms with van der Waals surface area (Å²) in [5, 5.41) is 5.91. The Bertz CT molecular complexity index is 472. The SMILES string of the molecule is COCCNCC(=O)Nc1ccc(C(C)N2CCOCC2)cc1. The van der Waals surface area contributed by atoms with Gasteiger partial charge in [-0.25, -0.2) is 0 Å². The quantitative estimate of drug-likeness (QED) is 0.706. The number of nitrogens with zero attached hydrogens (tertiary/aromatic N) is 1. The summed E-state index contributed by atoms with van der Waals surface area (Å²) in [6, 6.07) is 8.43. The number of hydrogen-bond donors (Lipinski definition) is 2. The fourth-order valence-corrected chi connectivity index (χ4v) is 2.60. The molecular formula is C17H27N3O3. The summed E-state index contributed by atoms with van der Waals surface area (Å²) in [6.45, 7) is 7.29. The maximum absolute atomic E-state index is 11.8. The van der Waals surface area contributed by atoms with Gasteiger partial charge in [0.1, 0.15) is 0 Å². The van der Waals surface area contributed by atoms with Gasteiger partial charge in [0, 0.05) is 38.5 Å². The number of ether oxygens (including phenoxy) is 2. The van der Waals surface area contributed by atoms with E-state index in [2.05, 4.69) is 34.6 Å². The van der Waals surface area contributed by atoms with E-state index in [4.69, 9.17) is 9.47 Å². The molecule has 2 rings (SSSR count). The number of benzene rings is 1. The zero-order valence-corrected chi connectivity index (χ0v) is 14.0. The molecule has 1 unspecified atom stereocenters. The molecule has 1 heterocycles. The number of methoxy groups -OCH3 is 1. The van der Waals surface area contributed by atoms with Crippen molar-refractivity contribution in [1.29, 1.82) is 0 Å². The number of carbonyl (C=O) groups excluding carboxylic acids is 1. The first-order valence-electron chi connectivity index (χ1n) is 8.12. The first kappa shape index (κ1) is 17.9. The van der Waals surface area contributed by atoms with Crippen molar-refractivity contribution < 1.29 is 14.3 Å². The minimum Gasteiger partial charge on any atom is -0.383 e. The third kappa shape index (κ3) is 5.91. The number of nitrogens with one attached hydrogen (secondary N) is 2. The minimum absolute atomic E-state index is 0.0462. The van der Waals surface area contributed by atoms with Gasteiger partial charge in [-0.3, -0.25) is 9.69 Å². The van der Waals surface area contributed by atoms with E-state index in [0.29, 0.717) is 19.2 Å². The lowest BCUT2D eigenvalue weighted by molar-refractivity contribution is -0.115. The highest BCUT2D eigenvalue weighted by Crippen LogP contribution is 2.22. The van der Waals surface area contributed by atoms with Crippen LogP contribution in [0, 0.1) is 0 Å². The third-order valence-corrected chi connectivity index (χ3v) is 4.04. The van der Waals surface area contributed by atoms with Crippen LogP contribution in [0.1, 0.15) is 18.5 Å². The Balaban J connectivity index is 1.80. The zero-order chi connectivity index (χ0) is 16.5. The molecule has 0 aliphatic carbocycles. The molecule has 1 saturated heterocycles. The Hall–Kier alpha value is -1.47. The highest BCUT2D eigenvalue weighted by Gasteiger charge is 2.18. The van der Waals surface area contributed by atoms with Crippen LogP contribution in [0.15, 0.2) is 24.3 Å². The Kier molecular flexibility index (Phi) is 7.48. The van der Waals surface area contributed by atoms with Crippen LogP contribution in [-0.4, -0.2) is 63.9 Å². The van der Waals surface area contributed by atoms with E-state index in [-0.39, 0.29) is 12.5 Å². The average Bonchev–Trinajstić information content (AvgIpc) is 2.59. The molecule has 6 heteroatoms. The standard InChI is InChI=1S/C17H27N3O3/c1-14(20-8-11-23-12-9-20)15-3-5-16(6-4-15)19-17(21)13-18-7-10-22-2/h3-6,14,18H,7-13H2,1-2H3,(H,19,21). The van der Waals surface area contributed by atoms with Crippen molar-refractivity contribution in [2.45, 2.75) is 13.0 Å². The van der Waals surface area contributed by atoms with Crippen molar-refractivity contribution in [1.82, 2.24) is 10.2 Å². The van der Waals surface area contributed by atoms with E-state index < -0.39 is 0 Å². The Labute approximate surface area is 138 Å². The second kappa shape index (κ2) is 9.62. The molecule has 0 bridgehead atoms. The third-order valence-electron chi connectivity index (χ3n) is 4.04. The largest absolute Gasteiger partial charge is 0.383 e. The van der Waals surface area contributed by atoms with E-state index in [9.17, 15) is 4.79 Å². The number of rotatable bonds is 8. The van der Waals surface area contributed by atoms with Crippen molar-refractivity contribution in [3.8, 4) is 0 Å². The highest BCUT2D eigenvalue weighted by molar-refractivity contribution is 5.92. The van der Waals surface area contributed by atoms with E-state index in [1.54, 1.807) is 7.11 Å². The maximum Gasteiger partial charge on any atom is 0.238 e. The van der Waals surface area contributed by atoms with Gasteiger partial charge in [-0.15, -0.1) is 0 Å². The van der Waals surface area contributed by atoms with Crippen LogP contribution in [0.4, 0.5) is 5.69 Å². The molecule has 23 heavy (non-hydrogen) atoms. The molecule has 0 aromatic heterocycles. The molecule has 2 N–H and O–H groups in total. The second-order valence-corrected chi connectivity index (χ2v) is 5.66. The summed E-state index contributed by atoms with van der Waals surface area (Å²) < 4.78 is 10.3. The smallest absolute Gasteiger partial charge is 0.238 e. The van der Waals surface area contributed by atoms with Crippen LogP contribution in [0.3, 0.4) is 0 Å². The normalized spacial score (nSPS) is 17.0. The summed E-state index contributed by atoms with van der Waals surface area (Å²) >= 11 is 0. The number of hydrogen-bond acceptors (Lipinski definition) is 5. The van der Waals surface area contributed by atoms with Gasteiger partial charge in [0.25, 0.3) is 0 Å². The van der Waals surface area contributed by atoms with Crippen molar-refractivity contribution >= 4 is 11.6 Å². The molecule has 0 radical (unpaired) electrons. The Morgan fingerprint density at radius 3 is 2.65 bits per heavy atom. The van der Waals surface area contributed by atoms with Crippen LogP contribution < -0.4 is 10.6 Å². The Morgan fingerprint density at radius 2 is 2.00 bits per heavy atom. The number of carbonyl (C=O) groups is 1. The van der Waals surface area contributed by atoms with Gasteiger partial charge < -0.3 is 20.1 Å². The molecule has 128 valence electrons. The molecule has 0 saturated carbocycles. The summed E-state index contributed by atoms with van der Waals surface area (Å²) in [4.78, 5) is 14.2. The maximum atomic E-state index is 11.8. The van der Waals surface area contributed by atoms with Crippen LogP contribution in [0.25, 0.3) is 0 Å². The van der Waals surface area contributed by atoms with Crippen LogP contribution in [0.2, 0.25) is 0 Å². The molecule has 1 aromatic rings. The van der Waals surface area contributed by atoms with E-state index >= 15 is 0 Å². The second-order valence-electron chi connectivity index (χ2n) is 5.66. The van der Waals surface area contributed by atoms with Gasteiger partial charge in [0.2, 0.25) is 5.91 Å². The predicted molar refractivity (Wildman–Crippen MR) is 90.6 cm³/mol. The van der Waals surface area contributed by atoms with Gasteiger partial charge >= 0.3 is 0 Å². The molecule has 0 spiro atoms. The molecule has 1 aliphatic rings. The number of anilines is 1. The lowest BCUT2D eigenvalue weighted by Crippen LogP contribution is -2.38. The van der Waals surface area contributed by atoms with Crippen molar-refractivity contribution in [3.05, 3.63) is 29.8 Å². The zero-order valence-electron chi connectivity index (χ0n) is 14.0. The summed E-state index contributed by atoms with van der Waals surface area (Å²) in [6.07, 6.45) is 0. The van der Waals surface area contributed by atoms with E-state index in [1.807, 2.05) is 12.1 Å². The van der Waals surface area contributed by atoms with Gasteiger partial charge in [0.15, 0.2) is 0 Å². The van der Waals surface area contributed by atoms with Crippen LogP contribution in [-0.2, 0) is 14.3 Å². The molecular weight excluding hydrogens is 294 g/mol. The van der Waals surface area contributed by atoms with Crippen molar-refractivity contribution in [3.63, 3.8) is 0 Å². The minimum atomic E-state index is -0.0462. The lowest BCUT2D eigenvalue weighted by Gasteiger charge is -2.32. The van der Waals surface area contributed by atoms with E-state index in [1.165, 1.54) is 5.56 Å². The molecule has 1 amide bonds. The summed E-state index contributed by atoms with van der Waals surface area (Å²) in [5.74, 6) is -0.0462. The summed E-state index contributed by atoms with van der Waals surface area (Å²) in [7, 11) is 1.64. The molecule has 1 aromatic carbocycles. The molecule has 1 atom stereocenters.